The molecule has 37 heavy (non-hydrogen) atoms. The number of Topliss-reactive ketones (excluding diaryl/α,β-unsaturated/α-hetero) is 1. The van der Waals surface area contributed by atoms with Crippen LogP contribution in [0, 0.1) is 5.82 Å². The molecule has 1 N–H and O–H groups in total. The number of carbonyl (C=O) groups is 2. The summed E-state index contributed by atoms with van der Waals surface area (Å²) in [7, 11) is 0. The highest BCUT2D eigenvalue weighted by atomic mass is 35.5. The number of alkyl halides is 3. The first-order chi connectivity index (χ1) is 17.2. The molecule has 1 aliphatic rings. The van der Waals surface area contributed by atoms with Crippen molar-refractivity contribution >= 4 is 29.9 Å². The molecule has 0 saturated carbocycles. The average Bonchev–Trinajstić information content (AvgIpc) is 3.27. The Kier molecular flexibility index (Phi) is 6.99. The van der Waals surface area contributed by atoms with Crippen molar-refractivity contribution in [2.75, 3.05) is 12.0 Å². The molecule has 190 valence electrons. The van der Waals surface area contributed by atoms with Gasteiger partial charge in [0.25, 0.3) is 5.78 Å². The maximum atomic E-state index is 13.5. The van der Waals surface area contributed by atoms with Crippen LogP contribution >= 0.6 is 12.4 Å². The first-order valence-corrected chi connectivity index (χ1v) is 10.8. The van der Waals surface area contributed by atoms with Crippen LogP contribution in [0.5, 0.6) is 0 Å². The number of rotatable bonds is 4. The molecule has 3 heterocycles. The zero-order valence-electron chi connectivity index (χ0n) is 18.9. The van der Waals surface area contributed by atoms with Crippen molar-refractivity contribution in [1.29, 1.82) is 0 Å². The number of aromatic nitrogens is 3. The molecule has 0 spiro atoms. The predicted octanol–water partition coefficient (Wildman–Crippen LogP) is 5.24. The van der Waals surface area contributed by atoms with E-state index in [4.69, 9.17) is 0 Å². The van der Waals surface area contributed by atoms with Gasteiger partial charge in [0.2, 0.25) is 0 Å². The molecule has 7 nitrogen and oxygen atoms in total. The number of carbonyl (C=O) groups excluding carboxylic acids is 2. The second-order valence-corrected chi connectivity index (χ2v) is 8.01. The summed E-state index contributed by atoms with van der Waals surface area (Å²) in [5.41, 5.74) is 4.38. The summed E-state index contributed by atoms with van der Waals surface area (Å²) in [5.74, 6) is -1.84. The van der Waals surface area contributed by atoms with Gasteiger partial charge in [-0.05, 0) is 54.1 Å². The van der Waals surface area contributed by atoms with Crippen molar-refractivity contribution in [3.05, 3.63) is 90.0 Å². The van der Waals surface area contributed by atoms with Crippen LogP contribution in [0.2, 0.25) is 0 Å². The molecule has 0 bridgehead atoms. The third-order valence-corrected chi connectivity index (χ3v) is 5.73. The van der Waals surface area contributed by atoms with Gasteiger partial charge in [0.1, 0.15) is 11.5 Å². The Hall–Kier alpha value is -4.25. The summed E-state index contributed by atoms with van der Waals surface area (Å²) in [6.07, 6.45) is -1.37. The third-order valence-electron chi connectivity index (χ3n) is 5.73. The van der Waals surface area contributed by atoms with Gasteiger partial charge in [-0.2, -0.15) is 18.3 Å². The first-order valence-electron chi connectivity index (χ1n) is 10.8. The summed E-state index contributed by atoms with van der Waals surface area (Å²) < 4.78 is 53.6. The van der Waals surface area contributed by atoms with Gasteiger partial charge in [-0.3, -0.25) is 20.0 Å². The maximum absolute atomic E-state index is 13.5. The highest BCUT2D eigenvalue weighted by Crippen LogP contribution is 2.39. The van der Waals surface area contributed by atoms with E-state index < -0.39 is 29.2 Å². The van der Waals surface area contributed by atoms with Gasteiger partial charge in [0.05, 0.1) is 24.2 Å². The van der Waals surface area contributed by atoms with Crippen molar-refractivity contribution in [3.8, 4) is 22.4 Å². The minimum Gasteiger partial charge on any atom is -0.283 e. The van der Waals surface area contributed by atoms with Crippen molar-refractivity contribution in [2.45, 2.75) is 12.7 Å². The molecule has 0 fully saturated rings. The molecule has 1 amide bonds. The standard InChI is InChI=1S/C25H17F4N5O2.ClH/c26-19-7-3-16(4-8-19)21-20(15-9-11-30-12-10-15)23-32-34(14-13-33(23)31-21)24(36)22(35)17-1-5-18(6-2-17)25(27,28)29;/h1-12,32H,13-14H2;1H. The monoisotopic (exact) mass is 531 g/mol. The Morgan fingerprint density at radius 1 is 0.865 bits per heavy atom. The molecule has 0 unspecified atom stereocenters. The number of nitrogens with one attached hydrogen (secondary N) is 1. The maximum Gasteiger partial charge on any atom is 0.416 e. The van der Waals surface area contributed by atoms with Crippen LogP contribution in [-0.2, 0) is 17.5 Å². The lowest BCUT2D eigenvalue weighted by Gasteiger charge is -2.29. The smallest absolute Gasteiger partial charge is 0.283 e. The van der Waals surface area contributed by atoms with E-state index in [2.05, 4.69) is 15.5 Å². The third kappa shape index (κ3) is 5.03. The van der Waals surface area contributed by atoms with Gasteiger partial charge in [0, 0.05) is 23.5 Å². The van der Waals surface area contributed by atoms with E-state index in [1.165, 1.54) is 12.1 Å². The Bertz CT molecular complexity index is 1440. The predicted molar refractivity (Wildman–Crippen MR) is 129 cm³/mol. The van der Waals surface area contributed by atoms with E-state index >= 15 is 0 Å². The van der Waals surface area contributed by atoms with Crippen LogP contribution < -0.4 is 5.43 Å². The molecule has 0 saturated heterocycles. The minimum atomic E-state index is -4.55. The van der Waals surface area contributed by atoms with Crippen LogP contribution in [0.4, 0.5) is 23.4 Å². The second-order valence-electron chi connectivity index (χ2n) is 8.01. The number of nitrogens with zero attached hydrogens (tertiary/aromatic N) is 4. The molecule has 1 aliphatic heterocycles. The highest BCUT2D eigenvalue weighted by Gasteiger charge is 2.33. The number of anilines is 1. The number of ketones is 1. The lowest BCUT2D eigenvalue weighted by Crippen LogP contribution is -2.46. The zero-order valence-corrected chi connectivity index (χ0v) is 19.7. The number of benzene rings is 2. The Balaban J connectivity index is 0.00000320. The van der Waals surface area contributed by atoms with Crippen molar-refractivity contribution in [3.63, 3.8) is 0 Å². The number of hydrogen-bond donors (Lipinski definition) is 1. The quantitative estimate of drug-likeness (QED) is 0.221. The number of hydrogen-bond acceptors (Lipinski definition) is 5. The molecular formula is C25H18ClF4N5O2. The molecule has 5 rings (SSSR count). The normalized spacial score (nSPS) is 12.8. The van der Waals surface area contributed by atoms with Crippen molar-refractivity contribution in [1.82, 2.24) is 19.8 Å². The van der Waals surface area contributed by atoms with E-state index in [0.717, 1.165) is 34.8 Å². The Morgan fingerprint density at radius 3 is 2.14 bits per heavy atom. The van der Waals surface area contributed by atoms with E-state index in [1.807, 2.05) is 0 Å². The fraction of sp³-hybridized carbons (Fsp3) is 0.120. The molecule has 0 atom stereocenters. The lowest BCUT2D eigenvalue weighted by atomic mass is 10.0. The van der Waals surface area contributed by atoms with Crippen LogP contribution in [0.3, 0.4) is 0 Å². The van der Waals surface area contributed by atoms with Gasteiger partial charge >= 0.3 is 12.1 Å². The average molecular weight is 532 g/mol. The molecule has 4 aromatic rings. The van der Waals surface area contributed by atoms with E-state index in [-0.39, 0.29) is 31.1 Å². The van der Waals surface area contributed by atoms with Gasteiger partial charge in [-0.25, -0.2) is 14.1 Å². The number of hydrazine groups is 1. The Labute approximate surface area is 214 Å². The molecule has 2 aromatic carbocycles. The molecule has 2 aromatic heterocycles. The second kappa shape index (κ2) is 10.0. The fourth-order valence-electron chi connectivity index (χ4n) is 3.93. The summed E-state index contributed by atoms with van der Waals surface area (Å²) >= 11 is 0. The number of amides is 1. The fourth-order valence-corrected chi connectivity index (χ4v) is 3.93. The highest BCUT2D eigenvalue weighted by molar-refractivity contribution is 6.42. The minimum absolute atomic E-state index is 0. The lowest BCUT2D eigenvalue weighted by molar-refractivity contribution is -0.137. The number of fused-ring (bicyclic) bond motifs is 1. The van der Waals surface area contributed by atoms with E-state index in [1.54, 1.807) is 41.3 Å². The van der Waals surface area contributed by atoms with Crippen molar-refractivity contribution < 1.29 is 27.2 Å². The number of halogens is 5. The largest absolute Gasteiger partial charge is 0.416 e. The van der Waals surface area contributed by atoms with E-state index in [0.29, 0.717) is 22.6 Å². The Morgan fingerprint density at radius 2 is 1.51 bits per heavy atom. The summed E-state index contributed by atoms with van der Waals surface area (Å²) in [6.45, 7) is 0.326. The van der Waals surface area contributed by atoms with Gasteiger partial charge in [0.15, 0.2) is 5.82 Å². The van der Waals surface area contributed by atoms with Crippen molar-refractivity contribution in [2.24, 2.45) is 0 Å². The number of pyridine rings is 1. The van der Waals surface area contributed by atoms with Gasteiger partial charge in [-0.15, -0.1) is 12.4 Å². The summed E-state index contributed by atoms with van der Waals surface area (Å²) in [5, 5.41) is 5.75. The molecule has 0 aliphatic carbocycles. The zero-order chi connectivity index (χ0) is 25.4. The first kappa shape index (κ1) is 25.8. The van der Waals surface area contributed by atoms with E-state index in [9.17, 15) is 27.2 Å². The SMILES string of the molecule is Cl.O=C(C(=O)N1CCn2nc(-c3ccc(F)cc3)c(-c3ccncc3)c2N1)c1ccc(C(F)(F)F)cc1. The van der Waals surface area contributed by atoms with Crippen LogP contribution in [0.15, 0.2) is 73.1 Å². The van der Waals surface area contributed by atoms with Crippen LogP contribution in [-0.4, -0.2) is 38.0 Å². The summed E-state index contributed by atoms with van der Waals surface area (Å²) in [4.78, 5) is 29.7. The van der Waals surface area contributed by atoms with Crippen LogP contribution in [0.1, 0.15) is 15.9 Å². The van der Waals surface area contributed by atoms with Crippen LogP contribution in [0.25, 0.3) is 22.4 Å². The topological polar surface area (TPSA) is 80.1 Å². The van der Waals surface area contributed by atoms with Gasteiger partial charge < -0.3 is 0 Å². The molecule has 0 radical (unpaired) electrons. The molecule has 12 heteroatoms. The summed E-state index contributed by atoms with van der Waals surface area (Å²) in [6, 6.07) is 12.8. The van der Waals surface area contributed by atoms with Gasteiger partial charge in [-0.1, -0.05) is 12.1 Å². The molecular weight excluding hydrogens is 514 g/mol.